The Labute approximate surface area is 294 Å². The molecule has 0 N–H and O–H groups in total. The van der Waals surface area contributed by atoms with Crippen molar-refractivity contribution in [1.29, 1.82) is 0 Å². The summed E-state index contributed by atoms with van der Waals surface area (Å²) in [4.78, 5) is 15.2. The SMILES string of the molecule is [2H]c1cc([2H])c2c(c1)c1c3c4cc([2H])cc([2H])c4n(-c4nc(-c5ccccc5)nc(-c5cccc(-c6ccccc6)c5)n4)c3ccc1n2-c1ccccc1. The Morgan fingerprint density at radius 3 is 1.58 bits per heavy atom. The minimum Gasteiger partial charge on any atom is -0.309 e. The van der Waals surface area contributed by atoms with Gasteiger partial charge in [0, 0.05) is 38.4 Å². The highest BCUT2D eigenvalue weighted by Gasteiger charge is 2.22. The summed E-state index contributed by atoms with van der Waals surface area (Å²) in [6.45, 7) is 0. The second-order valence-corrected chi connectivity index (χ2v) is 12.2. The van der Waals surface area contributed by atoms with Gasteiger partial charge in [0.25, 0.3) is 0 Å². The van der Waals surface area contributed by atoms with Gasteiger partial charge in [-0.1, -0.05) is 133 Å². The van der Waals surface area contributed by atoms with E-state index in [1.54, 1.807) is 18.2 Å². The zero-order chi connectivity index (χ0) is 36.5. The summed E-state index contributed by atoms with van der Waals surface area (Å²) in [5.74, 6) is 1.30. The van der Waals surface area contributed by atoms with Crippen LogP contribution >= 0.6 is 0 Å². The molecular formula is C45H29N5. The zero-order valence-electron chi connectivity index (χ0n) is 30.7. The van der Waals surface area contributed by atoms with E-state index in [0.29, 0.717) is 34.0 Å². The first-order valence-corrected chi connectivity index (χ1v) is 16.5. The third kappa shape index (κ3) is 4.45. The first kappa shape index (κ1) is 24.3. The summed E-state index contributed by atoms with van der Waals surface area (Å²) >= 11 is 0. The second kappa shape index (κ2) is 11.4. The van der Waals surface area contributed by atoms with Crippen molar-refractivity contribution in [3.05, 3.63) is 176 Å². The summed E-state index contributed by atoms with van der Waals surface area (Å²) in [5, 5.41) is 3.06. The van der Waals surface area contributed by atoms with E-state index in [9.17, 15) is 1.37 Å². The van der Waals surface area contributed by atoms with Crippen LogP contribution in [0.25, 0.3) is 89.2 Å². The topological polar surface area (TPSA) is 48.5 Å². The van der Waals surface area contributed by atoms with Gasteiger partial charge in [0.05, 0.1) is 27.5 Å². The van der Waals surface area contributed by atoms with E-state index in [1.807, 2.05) is 108 Å². The molecule has 0 aliphatic rings. The van der Waals surface area contributed by atoms with Crippen molar-refractivity contribution in [2.75, 3.05) is 0 Å². The van der Waals surface area contributed by atoms with Crippen LogP contribution < -0.4 is 0 Å². The van der Waals surface area contributed by atoms with Crippen molar-refractivity contribution < 1.29 is 5.48 Å². The molecule has 0 fully saturated rings. The van der Waals surface area contributed by atoms with Gasteiger partial charge in [0.15, 0.2) is 11.6 Å². The molecule has 10 aromatic rings. The van der Waals surface area contributed by atoms with Crippen LogP contribution in [0.5, 0.6) is 0 Å². The maximum Gasteiger partial charge on any atom is 0.238 e. The number of para-hydroxylation sites is 3. The molecule has 0 atom stereocenters. The van der Waals surface area contributed by atoms with Crippen LogP contribution in [0.4, 0.5) is 0 Å². The summed E-state index contributed by atoms with van der Waals surface area (Å²) in [6, 6.07) is 49.6. The first-order valence-electron chi connectivity index (χ1n) is 18.5. The lowest BCUT2D eigenvalue weighted by Gasteiger charge is -2.12. The lowest BCUT2D eigenvalue weighted by molar-refractivity contribution is 0.953. The summed E-state index contributed by atoms with van der Waals surface area (Å²) in [6.07, 6.45) is 0. The fourth-order valence-corrected chi connectivity index (χ4v) is 7.08. The van der Waals surface area contributed by atoms with E-state index in [1.165, 1.54) is 6.07 Å². The monoisotopic (exact) mass is 643 g/mol. The summed E-state index contributed by atoms with van der Waals surface area (Å²) in [5.41, 5.74) is 7.46. The molecule has 0 spiro atoms. The average Bonchev–Trinajstić information content (AvgIpc) is 3.72. The molecule has 10 rings (SSSR count). The number of aromatic nitrogens is 5. The fourth-order valence-electron chi connectivity index (χ4n) is 7.08. The van der Waals surface area contributed by atoms with Gasteiger partial charge in [0.2, 0.25) is 5.95 Å². The van der Waals surface area contributed by atoms with E-state index in [-0.39, 0.29) is 24.2 Å². The Bertz CT molecular complexity index is 3090. The van der Waals surface area contributed by atoms with Gasteiger partial charge in [-0.2, -0.15) is 9.97 Å². The van der Waals surface area contributed by atoms with Crippen LogP contribution in [0.1, 0.15) is 5.48 Å². The number of hydrogen-bond acceptors (Lipinski definition) is 3. The first-order chi connectivity index (χ1) is 26.4. The second-order valence-electron chi connectivity index (χ2n) is 12.2. The van der Waals surface area contributed by atoms with Gasteiger partial charge in [-0.25, -0.2) is 4.98 Å². The van der Waals surface area contributed by atoms with Crippen LogP contribution in [0, 0.1) is 0 Å². The normalized spacial score (nSPS) is 12.7. The minimum absolute atomic E-state index is 0.158. The molecule has 7 aromatic carbocycles. The lowest BCUT2D eigenvalue weighted by atomic mass is 10.0. The molecule has 0 bridgehead atoms. The van der Waals surface area contributed by atoms with E-state index >= 15 is 0 Å². The number of fused-ring (bicyclic) bond motifs is 7. The maximum absolute atomic E-state index is 9.29. The molecule has 0 radical (unpaired) electrons. The van der Waals surface area contributed by atoms with Crippen LogP contribution in [0.2, 0.25) is 0 Å². The molecule has 0 aliphatic carbocycles. The van der Waals surface area contributed by atoms with E-state index in [4.69, 9.17) is 19.1 Å². The van der Waals surface area contributed by atoms with Crippen molar-refractivity contribution in [3.63, 3.8) is 0 Å². The van der Waals surface area contributed by atoms with Crippen molar-refractivity contribution >= 4 is 43.6 Å². The molecule has 0 amide bonds. The predicted octanol–water partition coefficient (Wildman–Crippen LogP) is 11.1. The standard InChI is InChI=1S/C45H29N5/c1-4-15-30(16-5-1)32-19-14-20-33(29-32)44-46-43(31-17-6-2-7-18-31)47-45(48-44)50-38-26-13-11-24-36(38)42-40(50)28-27-39-41(42)35-23-10-12-25-37(35)49(39)34-21-8-3-9-22-34/h1-29H/i10D,11D,25D,26D. The number of rotatable bonds is 5. The molecular weight excluding hydrogens is 611 g/mol. The molecule has 5 nitrogen and oxygen atoms in total. The molecule has 3 aromatic heterocycles. The highest BCUT2D eigenvalue weighted by Crippen LogP contribution is 2.42. The number of hydrogen-bond donors (Lipinski definition) is 0. The average molecular weight is 644 g/mol. The summed E-state index contributed by atoms with van der Waals surface area (Å²) < 4.78 is 39.7. The Hall–Kier alpha value is -6.85. The molecule has 0 aliphatic heterocycles. The third-order valence-corrected chi connectivity index (χ3v) is 9.28. The smallest absolute Gasteiger partial charge is 0.238 e. The largest absolute Gasteiger partial charge is 0.309 e. The van der Waals surface area contributed by atoms with E-state index in [2.05, 4.69) is 28.8 Å². The quantitative estimate of drug-likeness (QED) is 0.187. The highest BCUT2D eigenvalue weighted by atomic mass is 15.2. The lowest BCUT2D eigenvalue weighted by Crippen LogP contribution is -2.06. The van der Waals surface area contributed by atoms with Crippen molar-refractivity contribution in [1.82, 2.24) is 24.1 Å². The van der Waals surface area contributed by atoms with Gasteiger partial charge in [0.1, 0.15) is 0 Å². The van der Waals surface area contributed by atoms with Gasteiger partial charge in [-0.3, -0.25) is 4.57 Å². The van der Waals surface area contributed by atoms with Crippen LogP contribution in [-0.4, -0.2) is 24.1 Å². The molecule has 0 saturated heterocycles. The fraction of sp³-hybridized carbons (Fsp3) is 0. The van der Waals surface area contributed by atoms with Crippen LogP contribution in [0.15, 0.2) is 176 Å². The Morgan fingerprint density at radius 1 is 0.400 bits per heavy atom. The molecule has 0 saturated carbocycles. The molecule has 0 unspecified atom stereocenters. The van der Waals surface area contributed by atoms with E-state index < -0.39 is 0 Å². The molecule has 3 heterocycles. The van der Waals surface area contributed by atoms with Gasteiger partial charge in [-0.05, 0) is 53.5 Å². The minimum atomic E-state index is 0.158. The van der Waals surface area contributed by atoms with Crippen molar-refractivity contribution in [3.8, 4) is 45.5 Å². The van der Waals surface area contributed by atoms with E-state index in [0.717, 1.165) is 55.1 Å². The predicted molar refractivity (Wildman–Crippen MR) is 205 cm³/mol. The molecule has 5 heteroatoms. The van der Waals surface area contributed by atoms with Crippen molar-refractivity contribution in [2.24, 2.45) is 0 Å². The van der Waals surface area contributed by atoms with Gasteiger partial charge in [-0.15, -0.1) is 0 Å². The zero-order valence-corrected chi connectivity index (χ0v) is 26.7. The Kier molecular flexibility index (Phi) is 5.54. The number of benzene rings is 7. The molecule has 50 heavy (non-hydrogen) atoms. The van der Waals surface area contributed by atoms with Gasteiger partial charge < -0.3 is 4.57 Å². The Morgan fingerprint density at radius 2 is 0.920 bits per heavy atom. The third-order valence-electron chi connectivity index (χ3n) is 9.28. The summed E-state index contributed by atoms with van der Waals surface area (Å²) in [7, 11) is 0. The highest BCUT2D eigenvalue weighted by molar-refractivity contribution is 6.28. The van der Waals surface area contributed by atoms with Crippen molar-refractivity contribution in [2.45, 2.75) is 0 Å². The maximum atomic E-state index is 9.29. The van der Waals surface area contributed by atoms with Gasteiger partial charge >= 0.3 is 0 Å². The van der Waals surface area contributed by atoms with Crippen LogP contribution in [0.3, 0.4) is 0 Å². The molecule has 234 valence electrons. The number of nitrogens with zero attached hydrogens (tertiary/aromatic N) is 5. The Balaban J connectivity index is 1.33. The van der Waals surface area contributed by atoms with Crippen LogP contribution in [-0.2, 0) is 0 Å².